The highest BCUT2D eigenvalue weighted by molar-refractivity contribution is 6.37. The maximum Gasteiger partial charge on any atom is 0.328 e. The third kappa shape index (κ3) is 16.0. The molecule has 2 rings (SSSR count). The number of amides is 5. The maximum atomic E-state index is 13.2. The maximum absolute atomic E-state index is 13.2. The van der Waals surface area contributed by atoms with Crippen LogP contribution in [0.25, 0.3) is 0 Å². The number of nitrogens with one attached hydrogen (secondary N) is 3. The first-order valence-electron chi connectivity index (χ1n) is 16.1. The van der Waals surface area contributed by atoms with E-state index in [9.17, 15) is 28.8 Å². The molecule has 1 saturated heterocycles. The minimum absolute atomic E-state index is 0.0111. The van der Waals surface area contributed by atoms with Crippen molar-refractivity contribution in [2.24, 2.45) is 17.6 Å². The third-order valence-electron chi connectivity index (χ3n) is 7.15. The lowest BCUT2D eigenvalue weighted by molar-refractivity contribution is -0.156. The summed E-state index contributed by atoms with van der Waals surface area (Å²) >= 11 is 0. The molecule has 1 aliphatic heterocycles. The Kier molecular flexibility index (Phi) is 19.2. The van der Waals surface area contributed by atoms with Crippen LogP contribution in [0.4, 0.5) is 4.79 Å². The van der Waals surface area contributed by atoms with Crippen LogP contribution in [0.1, 0.15) is 120 Å². The summed E-state index contributed by atoms with van der Waals surface area (Å²) in [5.74, 6) is -1.88. The van der Waals surface area contributed by atoms with Crippen LogP contribution in [-0.2, 0) is 28.7 Å². The van der Waals surface area contributed by atoms with Gasteiger partial charge in [-0.1, -0.05) is 53.4 Å². The number of Topliss-reactive ketones (excluding diaryl/α,β-unsaturated/α-hetero) is 1. The van der Waals surface area contributed by atoms with Gasteiger partial charge in [0.25, 0.3) is 5.91 Å². The molecule has 254 valence electrons. The number of primary amides is 1. The molecule has 1 saturated carbocycles. The topological polar surface area (TPSA) is 177 Å². The van der Waals surface area contributed by atoms with Crippen molar-refractivity contribution >= 4 is 36.0 Å². The minimum Gasteiger partial charge on any atom is -0.458 e. The van der Waals surface area contributed by atoms with E-state index in [1.165, 1.54) is 12.8 Å². The van der Waals surface area contributed by atoms with Crippen LogP contribution < -0.4 is 21.7 Å². The molecule has 0 aromatic heterocycles. The molecule has 12 nitrogen and oxygen atoms in total. The molecule has 0 aromatic carbocycles. The Balaban J connectivity index is 0.000000967. The molecular formula is C32H59N5O7. The molecule has 5 amide bonds. The van der Waals surface area contributed by atoms with Crippen molar-refractivity contribution in [3.8, 4) is 0 Å². The summed E-state index contributed by atoms with van der Waals surface area (Å²) in [7, 11) is 0. The SMILES string of the molecule is CC(C)CC(NC=O)C(=O)C(N)=O.CC(NC(=O)NC(C(=O)N1CCCC1C)C1CCCCC1)C(=O)OC(C)(C)C.CCC. The summed E-state index contributed by atoms with van der Waals surface area (Å²) in [5.41, 5.74) is 4.18. The quantitative estimate of drug-likeness (QED) is 0.154. The van der Waals surface area contributed by atoms with Crippen molar-refractivity contribution in [3.63, 3.8) is 0 Å². The molecule has 2 aliphatic rings. The lowest BCUT2D eigenvalue weighted by Crippen LogP contribution is -2.57. The van der Waals surface area contributed by atoms with Crippen molar-refractivity contribution in [2.75, 3.05) is 6.54 Å². The number of carbonyl (C=O) groups excluding carboxylic acids is 6. The van der Waals surface area contributed by atoms with E-state index in [0.717, 1.165) is 45.1 Å². The molecular weight excluding hydrogens is 566 g/mol. The predicted octanol–water partition coefficient (Wildman–Crippen LogP) is 3.59. The fourth-order valence-corrected chi connectivity index (χ4v) is 5.09. The van der Waals surface area contributed by atoms with E-state index in [4.69, 9.17) is 10.5 Å². The normalized spacial score (nSPS) is 18.7. The van der Waals surface area contributed by atoms with Gasteiger partial charge in [0.05, 0.1) is 6.04 Å². The average Bonchev–Trinajstić information content (AvgIpc) is 3.36. The highest BCUT2D eigenvalue weighted by Gasteiger charge is 2.37. The Labute approximate surface area is 264 Å². The van der Waals surface area contributed by atoms with Gasteiger partial charge in [-0.15, -0.1) is 0 Å². The second-order valence-electron chi connectivity index (χ2n) is 13.2. The number of likely N-dealkylation sites (tertiary alicyclic amines) is 1. The Bertz CT molecular complexity index is 928. The van der Waals surface area contributed by atoms with Gasteiger partial charge < -0.3 is 31.3 Å². The van der Waals surface area contributed by atoms with Crippen LogP contribution in [0.5, 0.6) is 0 Å². The number of hydrogen-bond acceptors (Lipinski definition) is 7. The van der Waals surface area contributed by atoms with E-state index >= 15 is 0 Å². The van der Waals surface area contributed by atoms with Crippen molar-refractivity contribution in [2.45, 2.75) is 150 Å². The first kappa shape index (κ1) is 40.8. The molecule has 12 heteroatoms. The van der Waals surface area contributed by atoms with E-state index in [2.05, 4.69) is 36.7 Å². The molecule has 5 N–H and O–H groups in total. The molecule has 4 atom stereocenters. The average molecular weight is 626 g/mol. The summed E-state index contributed by atoms with van der Waals surface area (Å²) in [5, 5.41) is 7.78. The zero-order valence-electron chi connectivity index (χ0n) is 28.5. The number of nitrogens with zero attached hydrogens (tertiary/aromatic N) is 1. The smallest absolute Gasteiger partial charge is 0.328 e. The largest absolute Gasteiger partial charge is 0.458 e. The van der Waals surface area contributed by atoms with Gasteiger partial charge in [-0.05, 0) is 78.6 Å². The minimum atomic E-state index is -1.01. The number of rotatable bonds is 11. The van der Waals surface area contributed by atoms with Gasteiger partial charge in [0.15, 0.2) is 0 Å². The highest BCUT2D eigenvalue weighted by atomic mass is 16.6. The van der Waals surface area contributed by atoms with E-state index < -0.39 is 47.4 Å². The van der Waals surface area contributed by atoms with Gasteiger partial charge in [0.1, 0.15) is 17.7 Å². The lowest BCUT2D eigenvalue weighted by Gasteiger charge is -2.34. The first-order chi connectivity index (χ1) is 20.5. The number of hydrogen-bond donors (Lipinski definition) is 4. The molecule has 0 spiro atoms. The lowest BCUT2D eigenvalue weighted by atomic mass is 9.83. The molecule has 1 aliphatic carbocycles. The van der Waals surface area contributed by atoms with Gasteiger partial charge in [0, 0.05) is 12.6 Å². The Morgan fingerprint density at radius 3 is 1.95 bits per heavy atom. The van der Waals surface area contributed by atoms with Crippen LogP contribution >= 0.6 is 0 Å². The van der Waals surface area contributed by atoms with Gasteiger partial charge in [0.2, 0.25) is 18.1 Å². The molecule has 2 fully saturated rings. The molecule has 1 heterocycles. The van der Waals surface area contributed by atoms with E-state index in [0.29, 0.717) is 12.8 Å². The van der Waals surface area contributed by atoms with Gasteiger partial charge >= 0.3 is 12.0 Å². The summed E-state index contributed by atoms with van der Waals surface area (Å²) in [4.78, 5) is 71.5. The van der Waals surface area contributed by atoms with Gasteiger partial charge in [-0.3, -0.25) is 19.2 Å². The zero-order chi connectivity index (χ0) is 34.0. The molecule has 0 aromatic rings. The van der Waals surface area contributed by atoms with Gasteiger partial charge in [-0.2, -0.15) is 0 Å². The zero-order valence-corrected chi connectivity index (χ0v) is 28.5. The van der Waals surface area contributed by atoms with Crippen LogP contribution in [0.2, 0.25) is 0 Å². The van der Waals surface area contributed by atoms with Gasteiger partial charge in [-0.25, -0.2) is 9.59 Å². The number of ether oxygens (including phenoxy) is 1. The summed E-state index contributed by atoms with van der Waals surface area (Å²) in [6.45, 7) is 17.8. The van der Waals surface area contributed by atoms with Crippen molar-refractivity contribution in [3.05, 3.63) is 0 Å². The fraction of sp³-hybridized carbons (Fsp3) is 0.812. The van der Waals surface area contributed by atoms with Crippen LogP contribution in [0.3, 0.4) is 0 Å². The number of carbonyl (C=O) groups is 6. The third-order valence-corrected chi connectivity index (χ3v) is 7.15. The monoisotopic (exact) mass is 625 g/mol. The Morgan fingerprint density at radius 1 is 0.955 bits per heavy atom. The first-order valence-corrected chi connectivity index (χ1v) is 16.1. The molecule has 0 bridgehead atoms. The number of esters is 1. The van der Waals surface area contributed by atoms with Crippen LogP contribution in [0.15, 0.2) is 0 Å². The second-order valence-corrected chi connectivity index (χ2v) is 13.2. The van der Waals surface area contributed by atoms with E-state index in [1.807, 2.05) is 18.7 Å². The Morgan fingerprint density at radius 2 is 1.52 bits per heavy atom. The predicted molar refractivity (Wildman–Crippen MR) is 170 cm³/mol. The van der Waals surface area contributed by atoms with Crippen LogP contribution in [-0.4, -0.2) is 77.2 Å². The van der Waals surface area contributed by atoms with E-state index in [1.54, 1.807) is 27.7 Å². The molecule has 44 heavy (non-hydrogen) atoms. The summed E-state index contributed by atoms with van der Waals surface area (Å²) < 4.78 is 5.31. The van der Waals surface area contributed by atoms with Crippen molar-refractivity contribution in [1.29, 1.82) is 0 Å². The van der Waals surface area contributed by atoms with Crippen LogP contribution in [0, 0.1) is 11.8 Å². The highest BCUT2D eigenvalue weighted by Crippen LogP contribution is 2.29. The number of ketones is 1. The summed E-state index contributed by atoms with van der Waals surface area (Å²) in [6.07, 6.45) is 9.31. The van der Waals surface area contributed by atoms with Crippen molar-refractivity contribution in [1.82, 2.24) is 20.9 Å². The fourth-order valence-electron chi connectivity index (χ4n) is 5.09. The number of nitrogens with two attached hydrogens (primary N) is 1. The Hall–Kier alpha value is -3.18. The molecule has 0 radical (unpaired) electrons. The standard InChI is InChI=1S/C21H37N3O4.C8H14N2O3.C3H8/c1-14-10-9-13-24(14)18(25)17(16-11-7-6-8-12-16)23-20(27)22-15(2)19(26)28-21(3,4)5;1-5(2)3-6(10-4-11)7(12)8(9)13;1-3-2/h14-17H,6-13H2,1-5H3,(H2,22,23,27);4-6H,3H2,1-2H3,(H2,9,13)(H,10,11);3H2,1-2H3. The van der Waals surface area contributed by atoms with E-state index in [-0.39, 0.29) is 23.8 Å². The summed E-state index contributed by atoms with van der Waals surface area (Å²) in [6, 6.07) is -2.38. The second kappa shape index (κ2) is 20.7. The van der Waals surface area contributed by atoms with Crippen molar-refractivity contribution < 1.29 is 33.5 Å². The number of urea groups is 1. The molecule has 4 unspecified atom stereocenters.